The Bertz CT molecular complexity index is 389. The van der Waals surface area contributed by atoms with Crippen LogP contribution in [-0.4, -0.2) is 29.6 Å². The van der Waals surface area contributed by atoms with Crippen molar-refractivity contribution in [2.45, 2.75) is 52.0 Å². The van der Waals surface area contributed by atoms with Crippen LogP contribution >= 0.6 is 0 Å². The van der Waals surface area contributed by atoms with Crippen molar-refractivity contribution in [2.75, 3.05) is 23.8 Å². The number of nitrogens with one attached hydrogen (secondary N) is 1. The Kier molecular flexibility index (Phi) is 4.39. The molecule has 1 unspecified atom stereocenters. The summed E-state index contributed by atoms with van der Waals surface area (Å²) in [6.45, 7) is 5.50. The fraction of sp³-hybridized carbons (Fsp3) is 0.714. The van der Waals surface area contributed by atoms with Gasteiger partial charge in [-0.2, -0.15) is 4.98 Å². The predicted molar refractivity (Wildman–Crippen MR) is 76.2 cm³/mol. The summed E-state index contributed by atoms with van der Waals surface area (Å²) in [6.07, 6.45) is 8.35. The summed E-state index contributed by atoms with van der Waals surface area (Å²) in [5, 5.41) is 3.03. The zero-order valence-electron chi connectivity index (χ0n) is 11.7. The van der Waals surface area contributed by atoms with Gasteiger partial charge in [0.2, 0.25) is 5.95 Å². The Balaban J connectivity index is 2.26. The molecule has 2 heterocycles. The summed E-state index contributed by atoms with van der Waals surface area (Å²) in [4.78, 5) is 11.4. The fourth-order valence-corrected chi connectivity index (χ4v) is 2.76. The van der Waals surface area contributed by atoms with Crippen LogP contribution in [0.25, 0.3) is 0 Å². The molecule has 1 aromatic heterocycles. The maximum Gasteiger partial charge on any atom is 0.224 e. The number of hydrogen-bond donors (Lipinski definition) is 1. The molecule has 4 heteroatoms. The van der Waals surface area contributed by atoms with E-state index < -0.39 is 0 Å². The lowest BCUT2D eigenvalue weighted by atomic mass is 9.98. The van der Waals surface area contributed by atoms with Crippen LogP contribution < -0.4 is 10.2 Å². The van der Waals surface area contributed by atoms with Gasteiger partial charge in [0.15, 0.2) is 0 Å². The average molecular weight is 248 g/mol. The van der Waals surface area contributed by atoms with Crippen molar-refractivity contribution in [3.63, 3.8) is 0 Å². The third-order valence-corrected chi connectivity index (χ3v) is 3.69. The SMILES string of the molecule is CCCC1CCCCN1c1nc(NC)ncc1C. The lowest BCUT2D eigenvalue weighted by molar-refractivity contribution is 0.431. The van der Waals surface area contributed by atoms with E-state index in [1.165, 1.54) is 37.7 Å². The quantitative estimate of drug-likeness (QED) is 0.889. The van der Waals surface area contributed by atoms with E-state index in [2.05, 4.69) is 34.0 Å². The third-order valence-electron chi connectivity index (χ3n) is 3.69. The summed E-state index contributed by atoms with van der Waals surface area (Å²) in [5.74, 6) is 1.84. The van der Waals surface area contributed by atoms with Crippen molar-refractivity contribution in [3.05, 3.63) is 11.8 Å². The highest BCUT2D eigenvalue weighted by molar-refractivity contribution is 5.50. The molecule has 1 saturated heterocycles. The monoisotopic (exact) mass is 248 g/mol. The zero-order valence-corrected chi connectivity index (χ0v) is 11.7. The number of rotatable bonds is 4. The van der Waals surface area contributed by atoms with E-state index in [4.69, 9.17) is 0 Å². The second kappa shape index (κ2) is 6.03. The molecular formula is C14H24N4. The Morgan fingerprint density at radius 1 is 1.44 bits per heavy atom. The molecule has 100 valence electrons. The maximum absolute atomic E-state index is 4.65. The van der Waals surface area contributed by atoms with E-state index in [-0.39, 0.29) is 0 Å². The molecule has 1 aliphatic rings. The summed E-state index contributed by atoms with van der Waals surface area (Å²) in [7, 11) is 1.87. The van der Waals surface area contributed by atoms with Gasteiger partial charge in [-0.3, -0.25) is 0 Å². The molecule has 0 bridgehead atoms. The van der Waals surface area contributed by atoms with Gasteiger partial charge in [0, 0.05) is 31.4 Å². The van der Waals surface area contributed by atoms with Crippen LogP contribution in [0.15, 0.2) is 6.20 Å². The van der Waals surface area contributed by atoms with Gasteiger partial charge < -0.3 is 10.2 Å². The minimum Gasteiger partial charge on any atom is -0.357 e. The summed E-state index contributed by atoms with van der Waals surface area (Å²) < 4.78 is 0. The average Bonchev–Trinajstić information content (AvgIpc) is 2.41. The normalized spacial score (nSPS) is 19.9. The van der Waals surface area contributed by atoms with Crippen molar-refractivity contribution in [2.24, 2.45) is 0 Å². The molecule has 0 saturated carbocycles. The Morgan fingerprint density at radius 2 is 2.28 bits per heavy atom. The van der Waals surface area contributed by atoms with Gasteiger partial charge in [0.1, 0.15) is 5.82 Å². The van der Waals surface area contributed by atoms with Crippen molar-refractivity contribution >= 4 is 11.8 Å². The molecule has 0 spiro atoms. The highest BCUT2D eigenvalue weighted by Gasteiger charge is 2.24. The molecule has 4 nitrogen and oxygen atoms in total. The first-order valence-corrected chi connectivity index (χ1v) is 7.04. The first-order chi connectivity index (χ1) is 8.76. The largest absolute Gasteiger partial charge is 0.357 e. The predicted octanol–water partition coefficient (Wildman–Crippen LogP) is 2.99. The molecule has 0 radical (unpaired) electrons. The van der Waals surface area contributed by atoms with E-state index in [1.54, 1.807) is 0 Å². The number of hydrogen-bond acceptors (Lipinski definition) is 4. The number of aromatic nitrogens is 2. The van der Waals surface area contributed by atoms with Gasteiger partial charge in [-0.05, 0) is 32.6 Å². The first kappa shape index (κ1) is 13.1. The van der Waals surface area contributed by atoms with Crippen LogP contribution in [0.3, 0.4) is 0 Å². The van der Waals surface area contributed by atoms with Crippen molar-refractivity contribution in [1.29, 1.82) is 0 Å². The third kappa shape index (κ3) is 2.74. The van der Waals surface area contributed by atoms with E-state index >= 15 is 0 Å². The topological polar surface area (TPSA) is 41.1 Å². The zero-order chi connectivity index (χ0) is 13.0. The lowest BCUT2D eigenvalue weighted by Gasteiger charge is -2.37. The summed E-state index contributed by atoms with van der Waals surface area (Å²) in [5.41, 5.74) is 1.18. The number of aryl methyl sites for hydroxylation is 1. The van der Waals surface area contributed by atoms with E-state index in [1.807, 2.05) is 13.2 Å². The van der Waals surface area contributed by atoms with Crippen LogP contribution in [0.4, 0.5) is 11.8 Å². The molecule has 1 N–H and O–H groups in total. The Morgan fingerprint density at radius 3 is 3.00 bits per heavy atom. The van der Waals surface area contributed by atoms with Crippen molar-refractivity contribution in [3.8, 4) is 0 Å². The van der Waals surface area contributed by atoms with Crippen LogP contribution in [0.1, 0.15) is 44.6 Å². The van der Waals surface area contributed by atoms with E-state index in [9.17, 15) is 0 Å². The second-order valence-corrected chi connectivity index (χ2v) is 5.08. The minimum absolute atomic E-state index is 0.655. The summed E-state index contributed by atoms with van der Waals surface area (Å²) in [6, 6.07) is 0.655. The fourth-order valence-electron chi connectivity index (χ4n) is 2.76. The molecule has 1 fully saturated rings. The van der Waals surface area contributed by atoms with Gasteiger partial charge in [-0.25, -0.2) is 4.98 Å². The van der Waals surface area contributed by atoms with Crippen molar-refractivity contribution in [1.82, 2.24) is 9.97 Å². The highest BCUT2D eigenvalue weighted by Crippen LogP contribution is 2.28. The molecule has 18 heavy (non-hydrogen) atoms. The molecule has 1 aromatic rings. The standard InChI is InChI=1S/C14H24N4/c1-4-7-12-8-5-6-9-18(12)13-11(2)10-16-14(15-3)17-13/h10,12H,4-9H2,1-3H3,(H,15,16,17). The van der Waals surface area contributed by atoms with Crippen LogP contribution in [0.2, 0.25) is 0 Å². The number of anilines is 2. The molecule has 1 aliphatic heterocycles. The van der Waals surface area contributed by atoms with Gasteiger partial charge in [0.25, 0.3) is 0 Å². The van der Waals surface area contributed by atoms with Gasteiger partial charge in [-0.15, -0.1) is 0 Å². The maximum atomic E-state index is 4.65. The molecule has 0 aromatic carbocycles. The second-order valence-electron chi connectivity index (χ2n) is 5.08. The Labute approximate surface area is 110 Å². The molecule has 0 amide bonds. The highest BCUT2D eigenvalue weighted by atomic mass is 15.2. The summed E-state index contributed by atoms with van der Waals surface area (Å²) >= 11 is 0. The van der Waals surface area contributed by atoms with Gasteiger partial charge in [0.05, 0.1) is 0 Å². The molecule has 2 rings (SSSR count). The van der Waals surface area contributed by atoms with E-state index in [0.29, 0.717) is 6.04 Å². The number of nitrogens with zero attached hydrogens (tertiary/aromatic N) is 3. The molecule has 1 atom stereocenters. The first-order valence-electron chi connectivity index (χ1n) is 7.04. The Hall–Kier alpha value is -1.32. The lowest BCUT2D eigenvalue weighted by Crippen LogP contribution is -2.40. The van der Waals surface area contributed by atoms with Gasteiger partial charge >= 0.3 is 0 Å². The van der Waals surface area contributed by atoms with Crippen LogP contribution in [-0.2, 0) is 0 Å². The van der Waals surface area contributed by atoms with Crippen LogP contribution in [0.5, 0.6) is 0 Å². The van der Waals surface area contributed by atoms with E-state index in [0.717, 1.165) is 18.3 Å². The molecule has 0 aliphatic carbocycles. The van der Waals surface area contributed by atoms with Gasteiger partial charge in [-0.1, -0.05) is 13.3 Å². The number of piperidine rings is 1. The van der Waals surface area contributed by atoms with Crippen LogP contribution in [0, 0.1) is 6.92 Å². The van der Waals surface area contributed by atoms with Crippen molar-refractivity contribution < 1.29 is 0 Å². The molecular weight excluding hydrogens is 224 g/mol. The minimum atomic E-state index is 0.655. The smallest absolute Gasteiger partial charge is 0.224 e.